The number of carboxylic acid groups (broad SMARTS) is 1. The first-order valence-electron chi connectivity index (χ1n) is 21.1. The van der Waals surface area contributed by atoms with E-state index in [-0.39, 0.29) is 23.3 Å². The molecule has 0 atom stereocenters. The summed E-state index contributed by atoms with van der Waals surface area (Å²) in [6.45, 7) is 12.0. The minimum absolute atomic E-state index is 0.0414. The first kappa shape index (κ1) is 50.7. The molecule has 14 nitrogen and oxygen atoms in total. The van der Waals surface area contributed by atoms with E-state index in [0.29, 0.717) is 37.2 Å². The number of esters is 1. The fourth-order valence-electron chi connectivity index (χ4n) is 5.84. The van der Waals surface area contributed by atoms with Crippen LogP contribution < -0.4 is 21.3 Å². The third-order valence-corrected chi connectivity index (χ3v) is 8.94. The molecule has 0 heterocycles. The molecule has 0 radical (unpaired) electrons. The number of ether oxygens (including phenoxy) is 3. The number of unbranched alkanes of at least 4 members (excludes halogenated alkanes) is 4. The molecule has 0 saturated carbocycles. The van der Waals surface area contributed by atoms with Gasteiger partial charge in [0.2, 0.25) is 11.8 Å². The Morgan fingerprint density at radius 1 is 0.476 bits per heavy atom. The zero-order valence-corrected chi connectivity index (χ0v) is 37.4. The minimum Gasteiger partial charge on any atom is -0.478 e. The maximum atomic E-state index is 12.2. The molecule has 0 aromatic heterocycles. The molecule has 0 aliphatic carbocycles. The van der Waals surface area contributed by atoms with Crippen LogP contribution in [0, 0.1) is 0 Å². The molecule has 4 aromatic carbocycles. The highest BCUT2D eigenvalue weighted by atomic mass is 16.6. The molecule has 63 heavy (non-hydrogen) atoms. The largest absolute Gasteiger partial charge is 0.478 e. The first-order chi connectivity index (χ1) is 29.8. The summed E-state index contributed by atoms with van der Waals surface area (Å²) in [5.41, 5.74) is 4.97. The van der Waals surface area contributed by atoms with Gasteiger partial charge in [-0.05, 0) is 138 Å². The number of nitrogens with one attached hydrogen (secondary N) is 4. The lowest BCUT2D eigenvalue weighted by molar-refractivity contribution is -0.117. The molecular weight excluding hydrogens is 805 g/mol. The summed E-state index contributed by atoms with van der Waals surface area (Å²) in [6, 6.07) is 28.8. The number of rotatable bonds is 18. The zero-order valence-electron chi connectivity index (χ0n) is 37.4. The van der Waals surface area contributed by atoms with Crippen molar-refractivity contribution in [1.29, 1.82) is 0 Å². The van der Waals surface area contributed by atoms with Gasteiger partial charge in [0.25, 0.3) is 0 Å². The van der Waals surface area contributed by atoms with Gasteiger partial charge >= 0.3 is 24.1 Å². The molecule has 5 N–H and O–H groups in total. The summed E-state index contributed by atoms with van der Waals surface area (Å²) < 4.78 is 15.0. The molecule has 0 spiro atoms. The lowest BCUT2D eigenvalue weighted by Crippen LogP contribution is -2.33. The Bertz CT molecular complexity index is 2090. The number of aromatic carboxylic acids is 1. The summed E-state index contributed by atoms with van der Waals surface area (Å²) in [7, 11) is 1.35. The van der Waals surface area contributed by atoms with Gasteiger partial charge in [0, 0.05) is 37.3 Å². The number of carbonyl (C=O) groups excluding carboxylic acids is 5. The van der Waals surface area contributed by atoms with E-state index in [1.165, 1.54) is 7.11 Å². The number of hydrogen-bond acceptors (Lipinski definition) is 9. The molecule has 4 amide bonds. The van der Waals surface area contributed by atoms with Crippen LogP contribution in [0.5, 0.6) is 0 Å². The van der Waals surface area contributed by atoms with E-state index in [2.05, 4.69) is 21.3 Å². The third-order valence-electron chi connectivity index (χ3n) is 8.94. The molecular formula is C49H62N4O10. The van der Waals surface area contributed by atoms with E-state index >= 15 is 0 Å². The number of carbonyl (C=O) groups is 6. The normalized spacial score (nSPS) is 10.9. The van der Waals surface area contributed by atoms with Gasteiger partial charge in [0.15, 0.2) is 0 Å². The summed E-state index contributed by atoms with van der Waals surface area (Å²) >= 11 is 0. The molecule has 0 saturated heterocycles. The number of amides is 4. The molecule has 4 aromatic rings. The van der Waals surface area contributed by atoms with E-state index in [9.17, 15) is 28.8 Å². The van der Waals surface area contributed by atoms with E-state index in [1.807, 2.05) is 102 Å². The summed E-state index contributed by atoms with van der Waals surface area (Å²) in [6.07, 6.45) is 4.69. The van der Waals surface area contributed by atoms with Crippen molar-refractivity contribution >= 4 is 47.3 Å². The topological polar surface area (TPSA) is 198 Å². The van der Waals surface area contributed by atoms with E-state index in [4.69, 9.17) is 19.3 Å². The highest BCUT2D eigenvalue weighted by Crippen LogP contribution is 2.24. The lowest BCUT2D eigenvalue weighted by Gasteiger charge is -2.19. The quantitative estimate of drug-likeness (QED) is 0.0364. The fourth-order valence-corrected chi connectivity index (χ4v) is 5.84. The second kappa shape index (κ2) is 25.3. The monoisotopic (exact) mass is 866 g/mol. The third kappa shape index (κ3) is 20.6. The van der Waals surface area contributed by atoms with E-state index in [1.54, 1.807) is 36.4 Å². The van der Waals surface area contributed by atoms with E-state index in [0.717, 1.165) is 66.5 Å². The first-order valence-corrected chi connectivity index (χ1v) is 21.1. The van der Waals surface area contributed by atoms with Gasteiger partial charge in [0.05, 0.1) is 18.2 Å². The molecule has 0 fully saturated rings. The average molecular weight is 867 g/mol. The molecule has 338 valence electrons. The Hall–Kier alpha value is -6.70. The Labute approximate surface area is 370 Å². The fraction of sp³-hybridized carbons (Fsp3) is 0.388. The van der Waals surface area contributed by atoms with Crippen molar-refractivity contribution in [3.8, 4) is 22.3 Å². The Kier molecular flexibility index (Phi) is 20.3. The smallest absolute Gasteiger partial charge is 0.407 e. The van der Waals surface area contributed by atoms with Crippen LogP contribution in [-0.4, -0.2) is 72.4 Å². The Morgan fingerprint density at radius 2 is 0.810 bits per heavy atom. The maximum Gasteiger partial charge on any atom is 0.407 e. The van der Waals surface area contributed by atoms with Gasteiger partial charge in [-0.3, -0.25) is 9.59 Å². The van der Waals surface area contributed by atoms with Crippen LogP contribution in [0.1, 0.15) is 114 Å². The van der Waals surface area contributed by atoms with Crippen LogP contribution in [0.25, 0.3) is 22.3 Å². The standard InChI is InChI=1S/C25H32N2O5.C24H30N2O5/c1-25(2,3)32-24(30)26-17-7-5-6-8-22(28)27-21-15-13-19(14-16-21)18-9-11-20(12-10-18)23(29)31-4;1-24(2,3)31-23(30)25-16-6-4-5-7-21(27)26-20-14-12-18(13-15-20)17-8-10-19(11-9-17)22(28)29/h9-16H,5-8,17H2,1-4H3,(H,26,30)(H,27,28);8-15H,4-7,16H2,1-3H3,(H,25,30)(H,26,27)(H,28,29). The average Bonchev–Trinajstić information content (AvgIpc) is 3.22. The number of alkyl carbamates (subject to hydrolysis) is 2. The summed E-state index contributed by atoms with van der Waals surface area (Å²) in [4.78, 5) is 69.8. The predicted molar refractivity (Wildman–Crippen MR) is 245 cm³/mol. The van der Waals surface area contributed by atoms with Crippen molar-refractivity contribution in [3.05, 3.63) is 108 Å². The van der Waals surface area contributed by atoms with Crippen molar-refractivity contribution in [2.45, 2.75) is 104 Å². The molecule has 0 aliphatic heterocycles. The Balaban J connectivity index is 0.000000335. The number of anilines is 2. The van der Waals surface area contributed by atoms with Crippen molar-refractivity contribution in [3.63, 3.8) is 0 Å². The van der Waals surface area contributed by atoms with Crippen molar-refractivity contribution in [2.75, 3.05) is 30.8 Å². The minimum atomic E-state index is -0.955. The SMILES string of the molecule is CC(C)(C)OC(=O)NCCCCCC(=O)Nc1ccc(-c2ccc(C(=O)O)cc2)cc1.COC(=O)c1ccc(-c2ccc(NC(=O)CCCCCNC(=O)OC(C)(C)C)cc2)cc1. The lowest BCUT2D eigenvalue weighted by atomic mass is 10.0. The van der Waals surface area contributed by atoms with Gasteiger partial charge in [-0.1, -0.05) is 61.4 Å². The highest BCUT2D eigenvalue weighted by molar-refractivity contribution is 5.92. The molecule has 4 rings (SSSR count). The van der Waals surface area contributed by atoms with Gasteiger partial charge in [-0.25, -0.2) is 19.2 Å². The second-order valence-corrected chi connectivity index (χ2v) is 16.7. The molecule has 0 bridgehead atoms. The van der Waals surface area contributed by atoms with Crippen LogP contribution in [0.3, 0.4) is 0 Å². The summed E-state index contributed by atoms with van der Waals surface area (Å²) in [5, 5.41) is 20.2. The second-order valence-electron chi connectivity index (χ2n) is 16.7. The van der Waals surface area contributed by atoms with Crippen molar-refractivity contribution in [1.82, 2.24) is 10.6 Å². The number of hydrogen-bond donors (Lipinski definition) is 5. The summed E-state index contributed by atoms with van der Waals surface area (Å²) in [5.74, 6) is -1.42. The van der Waals surface area contributed by atoms with Crippen molar-refractivity contribution in [2.24, 2.45) is 0 Å². The van der Waals surface area contributed by atoms with Gasteiger partial charge in [-0.2, -0.15) is 0 Å². The highest BCUT2D eigenvalue weighted by Gasteiger charge is 2.16. The van der Waals surface area contributed by atoms with Crippen molar-refractivity contribution < 1.29 is 48.1 Å². The maximum absolute atomic E-state index is 12.2. The van der Waals surface area contributed by atoms with Crippen LogP contribution in [0.4, 0.5) is 21.0 Å². The molecule has 0 aliphatic rings. The van der Waals surface area contributed by atoms with Gasteiger partial charge < -0.3 is 40.6 Å². The van der Waals surface area contributed by atoms with Crippen LogP contribution in [-0.2, 0) is 23.8 Å². The molecule has 14 heteroatoms. The number of carboxylic acids is 1. The van der Waals surface area contributed by atoms with Gasteiger partial charge in [0.1, 0.15) is 11.2 Å². The van der Waals surface area contributed by atoms with Crippen LogP contribution >= 0.6 is 0 Å². The van der Waals surface area contributed by atoms with Gasteiger partial charge in [-0.15, -0.1) is 0 Å². The molecule has 0 unspecified atom stereocenters. The zero-order chi connectivity index (χ0) is 46.4. The van der Waals surface area contributed by atoms with E-state index < -0.39 is 29.4 Å². The predicted octanol–water partition coefficient (Wildman–Crippen LogP) is 10.2. The van der Waals surface area contributed by atoms with Crippen LogP contribution in [0.15, 0.2) is 97.1 Å². The number of benzene rings is 4. The number of methoxy groups -OCH3 is 1. The van der Waals surface area contributed by atoms with Crippen LogP contribution in [0.2, 0.25) is 0 Å². The Morgan fingerprint density at radius 3 is 1.13 bits per heavy atom.